The van der Waals surface area contributed by atoms with Gasteiger partial charge < -0.3 is 10.6 Å². The zero-order chi connectivity index (χ0) is 17.2. The Morgan fingerprint density at radius 2 is 1.17 bits per heavy atom. The van der Waals surface area contributed by atoms with E-state index in [1.165, 1.54) is 12.8 Å². The third-order valence-electron chi connectivity index (χ3n) is 3.86. The molecule has 0 saturated carbocycles. The SMILES string of the molecule is C=C(C)c1cc(C(=C)NCCCC)cc(C(=C)NCCCC)c1. The number of nitrogens with one attached hydrogen (secondary N) is 2. The van der Waals surface area contributed by atoms with Crippen LogP contribution in [0.15, 0.2) is 37.9 Å². The van der Waals surface area contributed by atoms with E-state index in [0.29, 0.717) is 0 Å². The van der Waals surface area contributed by atoms with Gasteiger partial charge >= 0.3 is 0 Å². The number of benzene rings is 1. The van der Waals surface area contributed by atoms with Gasteiger partial charge in [-0.3, -0.25) is 0 Å². The van der Waals surface area contributed by atoms with E-state index in [1.807, 2.05) is 6.92 Å². The molecule has 0 spiro atoms. The molecular formula is C21H32N2. The Bertz CT molecular complexity index is 515. The highest BCUT2D eigenvalue weighted by Crippen LogP contribution is 2.23. The Labute approximate surface area is 142 Å². The van der Waals surface area contributed by atoms with Gasteiger partial charge in [0, 0.05) is 24.5 Å². The normalized spacial score (nSPS) is 10.2. The maximum atomic E-state index is 4.18. The molecule has 0 atom stereocenters. The fourth-order valence-electron chi connectivity index (χ4n) is 2.26. The molecule has 126 valence electrons. The van der Waals surface area contributed by atoms with Crippen molar-refractivity contribution < 1.29 is 0 Å². The molecule has 0 fully saturated rings. The minimum atomic E-state index is 0.956. The Balaban J connectivity index is 2.95. The minimum Gasteiger partial charge on any atom is -0.385 e. The first kappa shape index (κ1) is 19.1. The fraction of sp³-hybridized carbons (Fsp3) is 0.429. The minimum absolute atomic E-state index is 0.956. The van der Waals surface area contributed by atoms with E-state index in [4.69, 9.17) is 0 Å². The van der Waals surface area contributed by atoms with Crippen molar-refractivity contribution in [2.45, 2.75) is 46.5 Å². The molecule has 0 aliphatic rings. The lowest BCUT2D eigenvalue weighted by Gasteiger charge is -2.16. The topological polar surface area (TPSA) is 24.1 Å². The monoisotopic (exact) mass is 312 g/mol. The van der Waals surface area contributed by atoms with E-state index in [-0.39, 0.29) is 0 Å². The number of allylic oxidation sites excluding steroid dienone is 1. The van der Waals surface area contributed by atoms with Gasteiger partial charge in [0.15, 0.2) is 0 Å². The van der Waals surface area contributed by atoms with Crippen molar-refractivity contribution in [1.82, 2.24) is 10.6 Å². The van der Waals surface area contributed by atoms with Crippen LogP contribution in [-0.2, 0) is 0 Å². The summed E-state index contributed by atoms with van der Waals surface area (Å²) in [6.07, 6.45) is 4.65. The van der Waals surface area contributed by atoms with Crippen molar-refractivity contribution in [2.75, 3.05) is 13.1 Å². The van der Waals surface area contributed by atoms with Gasteiger partial charge in [0.2, 0.25) is 0 Å². The van der Waals surface area contributed by atoms with Gasteiger partial charge in [0.25, 0.3) is 0 Å². The van der Waals surface area contributed by atoms with Crippen molar-refractivity contribution in [3.63, 3.8) is 0 Å². The Hall–Kier alpha value is -1.96. The lowest BCUT2D eigenvalue weighted by molar-refractivity contribution is 0.744. The maximum absolute atomic E-state index is 4.18. The first-order chi connectivity index (χ1) is 11.0. The molecule has 2 heteroatoms. The Kier molecular flexibility index (Phi) is 8.25. The van der Waals surface area contributed by atoms with Gasteiger partial charge in [0.1, 0.15) is 0 Å². The molecule has 0 aliphatic carbocycles. The van der Waals surface area contributed by atoms with Crippen molar-refractivity contribution in [3.05, 3.63) is 54.6 Å². The van der Waals surface area contributed by atoms with Crippen molar-refractivity contribution in [3.8, 4) is 0 Å². The molecule has 0 radical (unpaired) electrons. The molecule has 23 heavy (non-hydrogen) atoms. The van der Waals surface area contributed by atoms with E-state index < -0.39 is 0 Å². The summed E-state index contributed by atoms with van der Waals surface area (Å²) in [6, 6.07) is 6.44. The second-order valence-electron chi connectivity index (χ2n) is 6.10. The fourth-order valence-corrected chi connectivity index (χ4v) is 2.26. The molecule has 0 aliphatic heterocycles. The van der Waals surface area contributed by atoms with Gasteiger partial charge in [-0.2, -0.15) is 0 Å². The molecule has 1 aromatic carbocycles. The van der Waals surface area contributed by atoms with Crippen LogP contribution in [0.2, 0.25) is 0 Å². The van der Waals surface area contributed by atoms with Crippen molar-refractivity contribution in [2.24, 2.45) is 0 Å². The van der Waals surface area contributed by atoms with Crippen molar-refractivity contribution >= 4 is 17.0 Å². The molecule has 0 unspecified atom stereocenters. The molecule has 0 amide bonds. The largest absolute Gasteiger partial charge is 0.385 e. The number of hydrogen-bond donors (Lipinski definition) is 2. The van der Waals surface area contributed by atoms with Crippen LogP contribution in [0, 0.1) is 0 Å². The standard InChI is InChI=1S/C21H32N2/c1-7-9-11-22-17(5)20-13-19(16(3)4)14-21(15-20)18(6)23-12-10-8-2/h13-15,22-23H,3,5-12H2,1-2,4H3. The van der Waals surface area contributed by atoms with E-state index in [2.05, 4.69) is 62.4 Å². The molecule has 0 heterocycles. The average molecular weight is 313 g/mol. The summed E-state index contributed by atoms with van der Waals surface area (Å²) < 4.78 is 0. The van der Waals surface area contributed by atoms with Crippen LogP contribution < -0.4 is 10.6 Å². The lowest BCUT2D eigenvalue weighted by atomic mass is 9.98. The highest BCUT2D eigenvalue weighted by molar-refractivity contribution is 5.75. The zero-order valence-corrected chi connectivity index (χ0v) is 15.1. The van der Waals surface area contributed by atoms with E-state index in [0.717, 1.165) is 59.6 Å². The predicted octanol–water partition coefficient (Wildman–Crippen LogP) is 5.44. The predicted molar refractivity (Wildman–Crippen MR) is 105 cm³/mol. The molecule has 1 aromatic rings. The summed E-state index contributed by atoms with van der Waals surface area (Å²) >= 11 is 0. The smallest absolute Gasteiger partial charge is 0.0341 e. The summed E-state index contributed by atoms with van der Waals surface area (Å²) in [5, 5.41) is 6.82. The summed E-state index contributed by atoms with van der Waals surface area (Å²) in [6.45, 7) is 20.8. The van der Waals surface area contributed by atoms with Gasteiger partial charge in [-0.15, -0.1) is 0 Å². The van der Waals surface area contributed by atoms with Crippen LogP contribution in [-0.4, -0.2) is 13.1 Å². The molecule has 1 rings (SSSR count). The summed E-state index contributed by atoms with van der Waals surface area (Å²) in [5.41, 5.74) is 6.32. The second-order valence-corrected chi connectivity index (χ2v) is 6.10. The zero-order valence-electron chi connectivity index (χ0n) is 15.1. The van der Waals surface area contributed by atoms with Crippen LogP contribution in [0.25, 0.3) is 17.0 Å². The van der Waals surface area contributed by atoms with E-state index in [9.17, 15) is 0 Å². The lowest BCUT2D eigenvalue weighted by Crippen LogP contribution is -2.15. The van der Waals surface area contributed by atoms with E-state index >= 15 is 0 Å². The maximum Gasteiger partial charge on any atom is 0.0341 e. The summed E-state index contributed by atoms with van der Waals surface area (Å²) in [5.74, 6) is 0. The summed E-state index contributed by atoms with van der Waals surface area (Å²) in [7, 11) is 0. The third kappa shape index (κ3) is 6.35. The third-order valence-corrected chi connectivity index (χ3v) is 3.86. The van der Waals surface area contributed by atoms with Gasteiger partial charge in [0.05, 0.1) is 0 Å². The highest BCUT2D eigenvalue weighted by atomic mass is 14.9. The van der Waals surface area contributed by atoms with Crippen LogP contribution in [0.1, 0.15) is 63.1 Å². The molecule has 2 N–H and O–H groups in total. The van der Waals surface area contributed by atoms with Crippen LogP contribution in [0.5, 0.6) is 0 Å². The first-order valence-corrected chi connectivity index (χ1v) is 8.66. The number of rotatable bonds is 11. The van der Waals surface area contributed by atoms with E-state index in [1.54, 1.807) is 0 Å². The Morgan fingerprint density at radius 3 is 1.52 bits per heavy atom. The summed E-state index contributed by atoms with van der Waals surface area (Å²) in [4.78, 5) is 0. The quantitative estimate of drug-likeness (QED) is 0.532. The van der Waals surface area contributed by atoms with Gasteiger partial charge in [-0.25, -0.2) is 0 Å². The highest BCUT2D eigenvalue weighted by Gasteiger charge is 2.07. The molecule has 0 bridgehead atoms. The van der Waals surface area contributed by atoms with Crippen LogP contribution in [0.4, 0.5) is 0 Å². The number of unbranched alkanes of at least 4 members (excludes halogenated alkanes) is 2. The van der Waals surface area contributed by atoms with Gasteiger partial charge in [-0.05, 0) is 54.7 Å². The van der Waals surface area contributed by atoms with Gasteiger partial charge in [-0.1, -0.05) is 52.0 Å². The molecule has 2 nitrogen and oxygen atoms in total. The Morgan fingerprint density at radius 1 is 0.783 bits per heavy atom. The second kappa shape index (κ2) is 9.94. The molecular weight excluding hydrogens is 280 g/mol. The first-order valence-electron chi connectivity index (χ1n) is 8.66. The molecule has 0 saturated heterocycles. The van der Waals surface area contributed by atoms with Crippen molar-refractivity contribution in [1.29, 1.82) is 0 Å². The average Bonchev–Trinajstić information content (AvgIpc) is 2.54. The van der Waals surface area contributed by atoms with Crippen LogP contribution in [0.3, 0.4) is 0 Å². The van der Waals surface area contributed by atoms with Crippen LogP contribution >= 0.6 is 0 Å². The number of hydrogen-bond acceptors (Lipinski definition) is 2. The molecule has 0 aromatic heterocycles.